The van der Waals surface area contributed by atoms with Crippen molar-refractivity contribution in [2.75, 3.05) is 13.2 Å². The van der Waals surface area contributed by atoms with E-state index in [1.807, 2.05) is 25.5 Å². The van der Waals surface area contributed by atoms with Crippen LogP contribution in [0.15, 0.2) is 22.0 Å². The molecule has 0 aliphatic carbocycles. The molecule has 0 fully saturated rings. The van der Waals surface area contributed by atoms with Gasteiger partial charge in [-0.05, 0) is 23.1 Å². The van der Waals surface area contributed by atoms with Gasteiger partial charge in [-0.1, -0.05) is 0 Å². The van der Waals surface area contributed by atoms with Crippen molar-refractivity contribution in [1.29, 1.82) is 0 Å². The standard InChI is InChI=1S/C8H12ClO2.Al.H/c1-3-10-7-8(5-6-9)11-4-2;;/h5-6H,3-4H2,1-2H3;;/q;+1;. The first kappa shape index (κ1) is 9.99. The quantitative estimate of drug-likeness (QED) is 0.640. The second-order valence-corrected chi connectivity index (χ2v) is 5.43. The van der Waals surface area contributed by atoms with Crippen molar-refractivity contribution >= 4 is 14.3 Å². The number of hydrogen-bond donors (Lipinski definition) is 0. The Hall–Kier alpha value is -0.0975. The van der Waals surface area contributed by atoms with Crippen LogP contribution >= 0.6 is 0 Å². The Labute approximate surface area is 82.3 Å². The van der Waals surface area contributed by atoms with Crippen LogP contribution < -0.4 is 0 Å². The summed E-state index contributed by atoms with van der Waals surface area (Å²) < 4.78 is 12.0. The molecule has 0 spiro atoms. The molecule has 0 N–H and O–H groups in total. The van der Waals surface area contributed by atoms with E-state index in [0.29, 0.717) is 6.61 Å². The molecule has 1 heterocycles. The molecule has 0 saturated heterocycles. The van der Waals surface area contributed by atoms with E-state index < -0.39 is 0 Å². The van der Waals surface area contributed by atoms with Crippen LogP contribution in [0, 0.1) is 9.24 Å². The summed E-state index contributed by atoms with van der Waals surface area (Å²) in [4.78, 5) is 0. The third kappa shape index (κ3) is 2.75. The van der Waals surface area contributed by atoms with Gasteiger partial charge in [0.15, 0.2) is 5.76 Å². The van der Waals surface area contributed by atoms with Crippen molar-refractivity contribution in [3.8, 4) is 0 Å². The molecule has 0 atom stereocenters. The smallest absolute Gasteiger partial charge is 0.506 e. The molecule has 0 aromatic rings. The zero-order valence-corrected chi connectivity index (χ0v) is 9.64. The fourth-order valence-electron chi connectivity index (χ4n) is 0.943. The van der Waals surface area contributed by atoms with Gasteiger partial charge in [-0.15, -0.1) is 0 Å². The Bertz CT molecular complexity index is 201. The van der Waals surface area contributed by atoms with Crippen molar-refractivity contribution in [2.45, 2.75) is 13.8 Å². The predicted molar refractivity (Wildman–Crippen MR) is 46.6 cm³/mol. The molecule has 0 amide bonds. The third-order valence-electron chi connectivity index (χ3n) is 1.40. The first-order chi connectivity index (χ1) is 5.88. The van der Waals surface area contributed by atoms with Crippen LogP contribution in [-0.4, -0.2) is 27.5 Å². The van der Waals surface area contributed by atoms with Gasteiger partial charge in [0, 0.05) is 6.08 Å². The lowest BCUT2D eigenvalue weighted by atomic mass is 10.5. The first-order valence-electron chi connectivity index (χ1n) is 4.11. The summed E-state index contributed by atoms with van der Waals surface area (Å²) in [7, 11) is 2.31. The van der Waals surface area contributed by atoms with Crippen molar-refractivity contribution in [1.82, 2.24) is 0 Å². The van der Waals surface area contributed by atoms with Gasteiger partial charge in [0.1, 0.15) is 10.2 Å². The summed E-state index contributed by atoms with van der Waals surface area (Å²) in [5, 5.41) is 0. The highest BCUT2D eigenvalue weighted by atomic mass is 35.6. The Morgan fingerprint density at radius 3 is 2.75 bits per heavy atom. The monoisotopic (exact) mass is 203 g/mol. The van der Waals surface area contributed by atoms with Gasteiger partial charge >= 0.3 is 14.3 Å². The number of allylic oxidation sites excluding steroid dienone is 1. The van der Waals surface area contributed by atoms with Gasteiger partial charge in [-0.25, -0.2) is 0 Å². The van der Waals surface area contributed by atoms with E-state index in [0.717, 1.165) is 17.0 Å². The topological polar surface area (TPSA) is 18.5 Å². The van der Waals surface area contributed by atoms with E-state index in [9.17, 15) is 0 Å². The molecule has 0 aromatic heterocycles. The van der Waals surface area contributed by atoms with Gasteiger partial charge in [0.25, 0.3) is 0 Å². The van der Waals surface area contributed by atoms with Crippen molar-refractivity contribution in [3.05, 3.63) is 22.0 Å². The maximum Gasteiger partial charge on any atom is 0.791 e. The number of halogens is 1. The van der Waals surface area contributed by atoms with Crippen LogP contribution in [0.4, 0.5) is 0 Å². The molecule has 1 aliphatic rings. The minimum atomic E-state index is -0.350. The minimum absolute atomic E-state index is 0.350. The lowest BCUT2D eigenvalue weighted by molar-refractivity contribution is -0.435. The zero-order valence-electron chi connectivity index (χ0n) is 7.47. The van der Waals surface area contributed by atoms with E-state index in [-0.39, 0.29) is 14.3 Å². The van der Waals surface area contributed by atoms with Gasteiger partial charge in [0.05, 0.1) is 13.2 Å². The lowest BCUT2D eigenvalue weighted by Gasteiger charge is -2.10. The molecule has 1 rings (SSSR count). The van der Waals surface area contributed by atoms with Crippen molar-refractivity contribution in [3.63, 3.8) is 0 Å². The average molecular weight is 204 g/mol. The molecule has 0 unspecified atom stereocenters. The summed E-state index contributed by atoms with van der Waals surface area (Å²) in [5.41, 5.74) is 2.04. The molecule has 4 heteroatoms. The maximum atomic E-state index is 5.48. The fourth-order valence-corrected chi connectivity index (χ4v) is 3.59. The van der Waals surface area contributed by atoms with E-state index in [4.69, 9.17) is 9.47 Å². The molecule has 1 aliphatic heterocycles. The highest BCUT2D eigenvalue weighted by molar-refractivity contribution is 6.34. The zero-order chi connectivity index (χ0) is 8.81. The van der Waals surface area contributed by atoms with Crippen LogP contribution in [0.2, 0.25) is 0 Å². The van der Waals surface area contributed by atoms with Gasteiger partial charge in [-0.2, -0.15) is 0 Å². The molecule has 0 aromatic carbocycles. The van der Waals surface area contributed by atoms with Crippen molar-refractivity contribution < 1.29 is 18.7 Å². The molecule has 0 bridgehead atoms. The third-order valence-corrected chi connectivity index (χ3v) is 4.37. The predicted octanol–water partition coefficient (Wildman–Crippen LogP) is 1.19. The fraction of sp³-hybridized carbons (Fsp3) is 0.500. The Morgan fingerprint density at radius 1 is 1.33 bits per heavy atom. The van der Waals surface area contributed by atoms with E-state index in [1.165, 1.54) is 0 Å². The van der Waals surface area contributed by atoms with Crippen LogP contribution in [0.25, 0.3) is 0 Å². The average Bonchev–Trinajstić information content (AvgIpc) is 2.09. The Balaban J connectivity index is 2.62. The maximum absolute atomic E-state index is 5.48. The van der Waals surface area contributed by atoms with E-state index in [2.05, 4.69) is 9.24 Å². The summed E-state index contributed by atoms with van der Waals surface area (Å²) in [5.74, 6) is 0.935. The number of hydrogen-bond acceptors (Lipinski definition) is 2. The SMILES string of the molecule is CCOC1=[C](OCC)[AlH][Cl+]C=C1. The molecule has 66 valence electrons. The first-order valence-corrected chi connectivity index (χ1v) is 7.39. The molecule has 0 radical (unpaired) electrons. The largest absolute Gasteiger partial charge is 0.791 e. The lowest BCUT2D eigenvalue weighted by Crippen LogP contribution is -2.11. The van der Waals surface area contributed by atoms with Crippen LogP contribution in [0.1, 0.15) is 13.8 Å². The molecular weight excluding hydrogens is 191 g/mol. The van der Waals surface area contributed by atoms with Crippen LogP contribution in [0.3, 0.4) is 0 Å². The summed E-state index contributed by atoms with van der Waals surface area (Å²) in [6, 6.07) is 0. The minimum Gasteiger partial charge on any atom is -0.506 e. The molecule has 0 saturated carbocycles. The van der Waals surface area contributed by atoms with Crippen molar-refractivity contribution in [2.24, 2.45) is 0 Å². The van der Waals surface area contributed by atoms with E-state index >= 15 is 0 Å². The van der Waals surface area contributed by atoms with Crippen LogP contribution in [0.5, 0.6) is 0 Å². The molecular formula is C8H13AlClO2+. The second kappa shape index (κ2) is 5.53. The molecule has 12 heavy (non-hydrogen) atoms. The second-order valence-electron chi connectivity index (χ2n) is 2.23. The highest BCUT2D eigenvalue weighted by Crippen LogP contribution is 2.13. The van der Waals surface area contributed by atoms with Crippen LogP contribution in [-0.2, 0) is 9.47 Å². The summed E-state index contributed by atoms with van der Waals surface area (Å²) in [6.07, 6.45) is 1.97. The van der Waals surface area contributed by atoms with Gasteiger partial charge in [0.2, 0.25) is 0 Å². The van der Waals surface area contributed by atoms with Gasteiger partial charge < -0.3 is 9.47 Å². The normalized spacial score (nSPS) is 15.8. The highest BCUT2D eigenvalue weighted by Gasteiger charge is 2.27. The molecule has 2 nitrogen and oxygen atoms in total. The Morgan fingerprint density at radius 2 is 2.08 bits per heavy atom. The number of ether oxygens (including phenoxy) is 2. The summed E-state index contributed by atoms with van der Waals surface area (Å²) in [6.45, 7) is 5.44. The van der Waals surface area contributed by atoms with Gasteiger partial charge in [-0.3, -0.25) is 0 Å². The number of rotatable bonds is 4. The van der Waals surface area contributed by atoms with E-state index in [1.54, 1.807) is 0 Å². The Kier molecular flexibility index (Phi) is 4.60. The summed E-state index contributed by atoms with van der Waals surface area (Å²) >= 11 is -0.350.